The molecule has 0 bridgehead atoms. The van der Waals surface area contributed by atoms with E-state index in [1.807, 2.05) is 30.3 Å². The van der Waals surface area contributed by atoms with Crippen LogP contribution in [0.3, 0.4) is 0 Å². The Morgan fingerprint density at radius 1 is 1.00 bits per heavy atom. The Morgan fingerprint density at radius 3 is 2.30 bits per heavy atom. The van der Waals surface area contributed by atoms with Gasteiger partial charge in [-0.25, -0.2) is 28.9 Å². The summed E-state index contributed by atoms with van der Waals surface area (Å²) in [5.74, 6) is -2.47. The summed E-state index contributed by atoms with van der Waals surface area (Å²) in [6.45, 7) is 12.2. The van der Waals surface area contributed by atoms with Crippen molar-refractivity contribution in [2.24, 2.45) is 0 Å². The molecular formula is C32H41N5O10. The van der Waals surface area contributed by atoms with Gasteiger partial charge in [0.2, 0.25) is 0 Å². The van der Waals surface area contributed by atoms with Crippen molar-refractivity contribution in [1.82, 2.24) is 19.6 Å². The number of aromatic nitrogens is 4. The van der Waals surface area contributed by atoms with Gasteiger partial charge >= 0.3 is 18.0 Å². The molecule has 1 aromatic carbocycles. The van der Waals surface area contributed by atoms with E-state index in [1.54, 1.807) is 54.7 Å². The highest BCUT2D eigenvalue weighted by Crippen LogP contribution is 2.45. The minimum absolute atomic E-state index is 0.0603. The summed E-state index contributed by atoms with van der Waals surface area (Å²) < 4.78 is 41.9. The lowest BCUT2D eigenvalue weighted by Gasteiger charge is -2.27. The average Bonchev–Trinajstić information content (AvgIpc) is 3.66. The largest absolute Gasteiger partial charge is 0.464 e. The van der Waals surface area contributed by atoms with E-state index in [4.69, 9.17) is 33.2 Å². The van der Waals surface area contributed by atoms with E-state index in [1.165, 1.54) is 15.7 Å². The summed E-state index contributed by atoms with van der Waals surface area (Å²) in [7, 11) is 0. The number of carbonyl (C=O) groups excluding carboxylic acids is 3. The lowest BCUT2D eigenvalue weighted by Crippen LogP contribution is -2.40. The van der Waals surface area contributed by atoms with Crippen LogP contribution in [0.1, 0.15) is 65.8 Å². The topological polar surface area (TPSA) is 162 Å². The standard InChI is InChI=1S/C32H41N5O10/c1-8-41-28(38)25(29(39)42-9-2)43-17-21-23-24(46-32(6,7)45-23)22(44-21)20-15-33-27-26(34-18-35-37(20)27)36(30(40)47-31(3,4)5)16-19-13-11-10-12-14-19/h10-15,18,21-25H,8-9,16-17H2,1-7H3/t21-,22+,23-,24+/m1/s1. The number of esters is 2. The van der Waals surface area contributed by atoms with Gasteiger partial charge in [-0.2, -0.15) is 5.10 Å². The number of imidazole rings is 1. The molecule has 4 heterocycles. The van der Waals surface area contributed by atoms with Gasteiger partial charge in [-0.3, -0.25) is 4.90 Å². The third-order valence-electron chi connectivity index (χ3n) is 7.23. The summed E-state index contributed by atoms with van der Waals surface area (Å²) in [6, 6.07) is 9.45. The molecule has 2 saturated heterocycles. The van der Waals surface area contributed by atoms with E-state index in [-0.39, 0.29) is 37.8 Å². The molecular weight excluding hydrogens is 614 g/mol. The third kappa shape index (κ3) is 7.70. The molecule has 15 heteroatoms. The zero-order chi connectivity index (χ0) is 33.9. The van der Waals surface area contributed by atoms with Crippen LogP contribution in [0.4, 0.5) is 10.6 Å². The van der Waals surface area contributed by atoms with Gasteiger partial charge in [-0.15, -0.1) is 0 Å². The van der Waals surface area contributed by atoms with Crippen LogP contribution in [0, 0.1) is 0 Å². The normalized spacial score (nSPS) is 21.9. The van der Waals surface area contributed by atoms with Crippen LogP contribution in [-0.2, 0) is 49.3 Å². The number of hydrogen-bond acceptors (Lipinski definition) is 13. The van der Waals surface area contributed by atoms with Gasteiger partial charge in [0, 0.05) is 0 Å². The van der Waals surface area contributed by atoms with Crippen LogP contribution in [0.2, 0.25) is 0 Å². The lowest BCUT2D eigenvalue weighted by atomic mass is 10.1. The Labute approximate surface area is 272 Å². The van der Waals surface area contributed by atoms with Gasteiger partial charge in [0.25, 0.3) is 6.10 Å². The van der Waals surface area contributed by atoms with Crippen molar-refractivity contribution in [3.05, 3.63) is 54.1 Å². The van der Waals surface area contributed by atoms with Crippen LogP contribution >= 0.6 is 0 Å². The second kappa shape index (κ2) is 13.9. The van der Waals surface area contributed by atoms with Crippen molar-refractivity contribution in [2.75, 3.05) is 24.7 Å². The second-order valence-electron chi connectivity index (χ2n) is 12.4. The van der Waals surface area contributed by atoms with Crippen molar-refractivity contribution in [3.63, 3.8) is 0 Å². The van der Waals surface area contributed by atoms with Crippen LogP contribution in [0.15, 0.2) is 42.9 Å². The lowest BCUT2D eigenvalue weighted by molar-refractivity contribution is -0.199. The number of carbonyl (C=O) groups is 3. The second-order valence-corrected chi connectivity index (χ2v) is 12.4. The summed E-state index contributed by atoms with van der Waals surface area (Å²) in [6.07, 6.45) is -2.10. The Morgan fingerprint density at radius 2 is 1.66 bits per heavy atom. The van der Waals surface area contributed by atoms with Crippen LogP contribution < -0.4 is 4.90 Å². The number of nitrogens with zero attached hydrogens (tertiary/aromatic N) is 5. The predicted octanol–water partition coefficient (Wildman–Crippen LogP) is 3.54. The first-order valence-corrected chi connectivity index (χ1v) is 15.5. The van der Waals surface area contributed by atoms with Gasteiger partial charge < -0.3 is 33.2 Å². The molecule has 4 atom stereocenters. The number of benzene rings is 1. The molecule has 2 aliphatic rings. The minimum atomic E-state index is -1.60. The molecule has 3 aromatic rings. The van der Waals surface area contributed by atoms with E-state index in [9.17, 15) is 14.4 Å². The Balaban J connectivity index is 1.45. The van der Waals surface area contributed by atoms with Crippen LogP contribution in [-0.4, -0.2) is 93.2 Å². The zero-order valence-electron chi connectivity index (χ0n) is 27.6. The molecule has 0 radical (unpaired) electrons. The molecule has 15 nitrogen and oxygen atoms in total. The number of anilines is 1. The molecule has 5 rings (SSSR count). The maximum absolute atomic E-state index is 13.5. The Hall–Kier alpha value is -4.18. The number of hydrogen-bond donors (Lipinski definition) is 0. The quantitative estimate of drug-likeness (QED) is 0.168. The monoisotopic (exact) mass is 655 g/mol. The van der Waals surface area contributed by atoms with E-state index < -0.39 is 59.9 Å². The first kappa shape index (κ1) is 34.2. The van der Waals surface area contributed by atoms with Crippen LogP contribution in [0.5, 0.6) is 0 Å². The summed E-state index contributed by atoms with van der Waals surface area (Å²) in [5.41, 5.74) is 0.881. The van der Waals surface area contributed by atoms with Gasteiger partial charge in [0.1, 0.15) is 36.3 Å². The third-order valence-corrected chi connectivity index (χ3v) is 7.23. The maximum atomic E-state index is 13.5. The smallest absolute Gasteiger partial charge is 0.416 e. The van der Waals surface area contributed by atoms with Gasteiger partial charge in [0.05, 0.1) is 38.3 Å². The van der Waals surface area contributed by atoms with Crippen molar-refractivity contribution >= 4 is 29.5 Å². The first-order chi connectivity index (χ1) is 22.3. The van der Waals surface area contributed by atoms with E-state index in [0.29, 0.717) is 5.69 Å². The van der Waals surface area contributed by atoms with Crippen molar-refractivity contribution in [2.45, 2.75) is 96.9 Å². The van der Waals surface area contributed by atoms with E-state index in [0.717, 1.165) is 5.56 Å². The summed E-state index contributed by atoms with van der Waals surface area (Å²) in [4.78, 5) is 49.0. The molecule has 2 aromatic heterocycles. The molecule has 0 unspecified atom stereocenters. The summed E-state index contributed by atoms with van der Waals surface area (Å²) in [5, 5.41) is 4.44. The molecule has 254 valence electrons. The van der Waals surface area contributed by atoms with Crippen molar-refractivity contribution < 1.29 is 47.5 Å². The van der Waals surface area contributed by atoms with E-state index >= 15 is 0 Å². The minimum Gasteiger partial charge on any atom is -0.464 e. The zero-order valence-corrected chi connectivity index (χ0v) is 27.6. The average molecular weight is 656 g/mol. The van der Waals surface area contributed by atoms with E-state index in [2.05, 4.69) is 15.1 Å². The maximum Gasteiger partial charge on any atom is 0.416 e. The molecule has 0 spiro atoms. The van der Waals surface area contributed by atoms with Gasteiger partial charge in [0.15, 0.2) is 17.3 Å². The highest BCUT2D eigenvalue weighted by molar-refractivity contribution is 5.98. The number of rotatable bonds is 11. The molecule has 0 N–H and O–H groups in total. The fourth-order valence-corrected chi connectivity index (χ4v) is 5.43. The fourth-order valence-electron chi connectivity index (χ4n) is 5.43. The Kier molecular flexibility index (Phi) is 10.1. The first-order valence-electron chi connectivity index (χ1n) is 15.5. The fraction of sp³-hybridized carbons (Fsp3) is 0.562. The molecule has 0 aliphatic carbocycles. The molecule has 2 fully saturated rings. The summed E-state index contributed by atoms with van der Waals surface area (Å²) >= 11 is 0. The van der Waals surface area contributed by atoms with Crippen molar-refractivity contribution in [1.29, 1.82) is 0 Å². The van der Waals surface area contributed by atoms with Gasteiger partial charge in [-0.1, -0.05) is 30.3 Å². The number of ether oxygens (including phenoxy) is 7. The number of fused-ring (bicyclic) bond motifs is 2. The predicted molar refractivity (Wildman–Crippen MR) is 164 cm³/mol. The van der Waals surface area contributed by atoms with Crippen molar-refractivity contribution in [3.8, 4) is 0 Å². The van der Waals surface area contributed by atoms with Gasteiger partial charge in [-0.05, 0) is 54.0 Å². The Bertz CT molecular complexity index is 1560. The van der Waals surface area contributed by atoms with Crippen LogP contribution in [0.25, 0.3) is 5.65 Å². The highest BCUT2D eigenvalue weighted by atomic mass is 16.8. The molecule has 47 heavy (non-hydrogen) atoms. The molecule has 0 saturated carbocycles. The highest BCUT2D eigenvalue weighted by Gasteiger charge is 2.56. The molecule has 1 amide bonds. The molecule has 2 aliphatic heterocycles. The number of amides is 1. The SMILES string of the molecule is CCOC(=O)C(OC[C@H]1O[C@@H](c2cnc3c(N(Cc4ccccc4)C(=O)OC(C)(C)C)ncnn23)[C@@H]2OC(C)(C)O[C@@H]21)C(=O)OCC.